The van der Waals surface area contributed by atoms with E-state index >= 15 is 4.39 Å². The first-order chi connectivity index (χ1) is 35.2. The summed E-state index contributed by atoms with van der Waals surface area (Å²) in [6, 6.07) is 20.2. The van der Waals surface area contributed by atoms with Crippen molar-refractivity contribution in [2.75, 3.05) is 113 Å². The van der Waals surface area contributed by atoms with Gasteiger partial charge in [-0.2, -0.15) is 9.97 Å². The van der Waals surface area contributed by atoms with Gasteiger partial charge in [-0.15, -0.1) is 0 Å². The summed E-state index contributed by atoms with van der Waals surface area (Å²) in [5.41, 5.74) is 22.2. The molecule has 4 aliphatic heterocycles. The van der Waals surface area contributed by atoms with E-state index in [1.165, 1.54) is 0 Å². The van der Waals surface area contributed by atoms with Gasteiger partial charge in [0.25, 0.3) is 11.8 Å². The number of halogens is 3. The molecule has 6 aromatic rings. The number of aromatic nitrogens is 6. The zero-order chi connectivity index (χ0) is 49.4. The third-order valence-electron chi connectivity index (χ3n) is 12.3. The van der Waals surface area contributed by atoms with Crippen molar-refractivity contribution in [1.82, 2.24) is 51.6 Å². The summed E-state index contributed by atoms with van der Waals surface area (Å²) in [7, 11) is 0. The molecule has 4 fully saturated rings. The summed E-state index contributed by atoms with van der Waals surface area (Å²) >= 11 is 6.40. The van der Waals surface area contributed by atoms with Gasteiger partial charge in [0.15, 0.2) is 23.3 Å². The fourth-order valence-electron chi connectivity index (χ4n) is 8.68. The van der Waals surface area contributed by atoms with E-state index in [1.807, 2.05) is 47.4 Å². The number of pyridine rings is 2. The zero-order valence-corrected chi connectivity index (χ0v) is 39.5. The average Bonchev–Trinajstić information content (AvgIpc) is 3.97. The van der Waals surface area contributed by atoms with Crippen molar-refractivity contribution in [3.8, 4) is 0 Å². The Morgan fingerprint density at radius 3 is 1.93 bits per heavy atom. The van der Waals surface area contributed by atoms with E-state index in [0.717, 1.165) is 61.1 Å². The van der Waals surface area contributed by atoms with Crippen molar-refractivity contribution in [2.45, 2.75) is 18.9 Å². The molecule has 4 saturated heterocycles. The van der Waals surface area contributed by atoms with E-state index in [4.69, 9.17) is 21.1 Å². The van der Waals surface area contributed by atoms with Crippen LogP contribution in [0.4, 0.5) is 66.4 Å². The van der Waals surface area contributed by atoms with Crippen LogP contribution < -0.4 is 63.0 Å². The highest BCUT2D eigenvalue weighted by Gasteiger charge is 2.33. The van der Waals surface area contributed by atoms with Crippen LogP contribution >= 0.6 is 11.6 Å². The third-order valence-corrected chi connectivity index (χ3v) is 12.5. The van der Waals surface area contributed by atoms with Gasteiger partial charge < -0.3 is 39.9 Å². The molecule has 4 aliphatic rings. The molecule has 2 aromatic carbocycles. The first kappa shape index (κ1) is 47.9. The summed E-state index contributed by atoms with van der Waals surface area (Å²) in [5, 5.41) is 11.4. The molecule has 2 atom stereocenters. The molecule has 72 heavy (non-hydrogen) atoms. The van der Waals surface area contributed by atoms with Crippen LogP contribution in [0.2, 0.25) is 5.02 Å². The minimum Gasteiger partial charge on any atom is -0.378 e. The fraction of sp³-hybridized carbons (Fsp3) is 0.319. The van der Waals surface area contributed by atoms with Crippen LogP contribution in [0.3, 0.4) is 0 Å². The van der Waals surface area contributed by atoms with E-state index in [0.29, 0.717) is 75.5 Å². The molecule has 0 aliphatic carbocycles. The summed E-state index contributed by atoms with van der Waals surface area (Å²) in [4.78, 5) is 54.8. The van der Waals surface area contributed by atoms with E-state index in [-0.39, 0.29) is 46.9 Å². The van der Waals surface area contributed by atoms with Crippen LogP contribution in [-0.4, -0.2) is 120 Å². The zero-order valence-electron chi connectivity index (χ0n) is 38.7. The maximum atomic E-state index is 15.4. The van der Waals surface area contributed by atoms with E-state index < -0.39 is 23.4 Å². The Bertz CT molecular complexity index is 2860. The largest absolute Gasteiger partial charge is 0.378 e. The topological polar surface area (TPSA) is 239 Å². The van der Waals surface area contributed by atoms with Crippen molar-refractivity contribution in [3.05, 3.63) is 120 Å². The monoisotopic (exact) mass is 1000 g/mol. The standard InChI is InChI=1S/C47H51ClF2N18O4/c48-30-19-34(22-36(20-30)67-12-2-10-55-67)58-33-6-8-40(52-24-33)45(70)62-64-47-54-26-38(50)43(60-47)66-15-18-72-41(28-66)29-9-11-56-68(27-29)35-4-1-3-31(21-35)57-32-5-7-39(51-23-32)44(69)61-63-46-53-25-37(49)42(59-46)65-13-16-71-17-14-65/h1,3-8,19-26,29,41,55-58H,2,9-18,27-28H2,(H,61,69)(H,62,70)(H,53,59,63)(H,54,60,64). The number of anilines is 10. The molecule has 0 radical (unpaired) electrons. The third kappa shape index (κ3) is 11.7. The molecule has 0 spiro atoms. The first-order valence-corrected chi connectivity index (χ1v) is 23.8. The van der Waals surface area contributed by atoms with Gasteiger partial charge in [-0.3, -0.25) is 31.3 Å². The number of rotatable bonds is 15. The number of ether oxygens (including phenoxy) is 2. The van der Waals surface area contributed by atoms with Gasteiger partial charge in [0.1, 0.15) is 11.4 Å². The van der Waals surface area contributed by atoms with Crippen LogP contribution in [0.25, 0.3) is 0 Å². The number of carbonyl (C=O) groups excluding carboxylic acids is 2. The highest BCUT2D eigenvalue weighted by molar-refractivity contribution is 6.31. The predicted molar refractivity (Wildman–Crippen MR) is 267 cm³/mol. The molecular weight excluding hydrogens is 954 g/mol. The molecule has 0 bridgehead atoms. The van der Waals surface area contributed by atoms with Crippen LogP contribution in [0.1, 0.15) is 33.8 Å². The number of morpholine rings is 2. The lowest BCUT2D eigenvalue weighted by molar-refractivity contribution is -0.00363. The van der Waals surface area contributed by atoms with Crippen molar-refractivity contribution >= 4 is 81.1 Å². The van der Waals surface area contributed by atoms with Crippen LogP contribution in [0.5, 0.6) is 0 Å². The normalized spacial score (nSPS) is 18.1. The van der Waals surface area contributed by atoms with Crippen molar-refractivity contribution in [3.63, 3.8) is 0 Å². The average molecular weight is 1010 g/mol. The molecule has 2 amide bonds. The summed E-state index contributed by atoms with van der Waals surface area (Å²) in [5.74, 6) is -1.88. The molecular formula is C47H51ClF2N18O4. The summed E-state index contributed by atoms with van der Waals surface area (Å²) < 4.78 is 41.5. The minimum absolute atomic E-state index is 0.00823. The second-order valence-corrected chi connectivity index (χ2v) is 17.6. The number of hydrazine groups is 4. The number of hydrogen-bond donors (Lipinski definition) is 8. The van der Waals surface area contributed by atoms with Gasteiger partial charge in [0, 0.05) is 74.7 Å². The van der Waals surface area contributed by atoms with Gasteiger partial charge in [-0.1, -0.05) is 17.7 Å². The summed E-state index contributed by atoms with van der Waals surface area (Å²) in [6.45, 7) is 6.17. The van der Waals surface area contributed by atoms with Crippen LogP contribution in [-0.2, 0) is 9.47 Å². The number of hydrogen-bond acceptors (Lipinski definition) is 20. The van der Waals surface area contributed by atoms with E-state index in [2.05, 4.69) is 83.1 Å². The Kier molecular flexibility index (Phi) is 14.7. The number of nitrogens with one attached hydrogen (secondary N) is 8. The number of benzene rings is 2. The molecule has 22 nitrogen and oxygen atoms in total. The van der Waals surface area contributed by atoms with E-state index in [9.17, 15) is 14.0 Å². The van der Waals surface area contributed by atoms with Crippen molar-refractivity contribution in [2.24, 2.45) is 5.92 Å². The Labute approximate surface area is 417 Å². The fourth-order valence-corrected chi connectivity index (χ4v) is 8.91. The smallest absolute Gasteiger partial charge is 0.288 e. The number of carbonyl (C=O) groups is 2. The Balaban J connectivity index is 0.703. The van der Waals surface area contributed by atoms with Gasteiger partial charge in [-0.25, -0.2) is 39.6 Å². The second-order valence-electron chi connectivity index (χ2n) is 17.2. The molecule has 10 rings (SSSR count). The molecule has 25 heteroatoms. The van der Waals surface area contributed by atoms with Crippen molar-refractivity contribution < 1.29 is 27.8 Å². The molecule has 374 valence electrons. The van der Waals surface area contributed by atoms with Gasteiger partial charge in [0.2, 0.25) is 11.9 Å². The Hall–Kier alpha value is -7.77. The Morgan fingerprint density at radius 2 is 1.28 bits per heavy atom. The molecule has 8 heterocycles. The van der Waals surface area contributed by atoms with Gasteiger partial charge >= 0.3 is 0 Å². The lowest BCUT2D eigenvalue weighted by Crippen LogP contribution is -2.55. The first-order valence-electron chi connectivity index (χ1n) is 23.4. The maximum Gasteiger partial charge on any atom is 0.288 e. The minimum atomic E-state index is -0.600. The SMILES string of the molecule is O=C(NNc1ncc(F)c(N2CCOCC2)n1)c1ccc(Nc2cccc(N3CC(C4CN(c5nc(NNC(=O)c6ccc(Nc7cc(Cl)cc(N8CCCN8)c7)cn6)ncc5F)CCO4)CCN3)c2)cn1. The van der Waals surface area contributed by atoms with Crippen molar-refractivity contribution in [1.29, 1.82) is 0 Å². The molecule has 4 aromatic heterocycles. The molecule has 8 N–H and O–H groups in total. The highest BCUT2D eigenvalue weighted by atomic mass is 35.5. The lowest BCUT2D eigenvalue weighted by Gasteiger charge is -2.42. The molecule has 0 saturated carbocycles. The number of nitrogens with zero attached hydrogens (tertiary/aromatic N) is 10. The second kappa shape index (κ2) is 22.1. The maximum absolute atomic E-state index is 15.4. The van der Waals surface area contributed by atoms with Crippen LogP contribution in [0, 0.1) is 17.6 Å². The number of amides is 2. The summed E-state index contributed by atoms with van der Waals surface area (Å²) in [6.07, 6.45) is 6.86. The predicted octanol–water partition coefficient (Wildman–Crippen LogP) is 4.78. The van der Waals surface area contributed by atoms with Gasteiger partial charge in [-0.05, 0) is 73.5 Å². The molecule has 2 unspecified atom stereocenters. The quantitative estimate of drug-likeness (QED) is 0.0646. The Morgan fingerprint density at radius 1 is 0.639 bits per heavy atom. The highest BCUT2D eigenvalue weighted by Crippen LogP contribution is 2.31. The van der Waals surface area contributed by atoms with E-state index in [1.54, 1.807) is 41.6 Å². The van der Waals surface area contributed by atoms with Crippen LogP contribution in [0.15, 0.2) is 91.5 Å². The van der Waals surface area contributed by atoms with Gasteiger partial charge in [0.05, 0.1) is 73.5 Å². The lowest BCUT2D eigenvalue weighted by atomic mass is 9.95.